The molecule has 2 N–H and O–H groups in total. The molecule has 1 aliphatic rings. The van der Waals surface area contributed by atoms with Crippen LogP contribution in [-0.2, 0) is 6.54 Å². The first-order chi connectivity index (χ1) is 13.1. The Balaban J connectivity index is 1.43. The summed E-state index contributed by atoms with van der Waals surface area (Å²) in [7, 11) is 2.17. The van der Waals surface area contributed by atoms with Crippen LogP contribution in [0.5, 0.6) is 0 Å². The van der Waals surface area contributed by atoms with Crippen LogP contribution >= 0.6 is 0 Å². The zero-order chi connectivity index (χ0) is 19.1. The molecule has 0 spiro atoms. The highest BCUT2D eigenvalue weighted by Gasteiger charge is 2.18. The van der Waals surface area contributed by atoms with Crippen LogP contribution in [-0.4, -0.2) is 51.9 Å². The molecule has 3 rings (SSSR count). The third kappa shape index (κ3) is 5.72. The summed E-state index contributed by atoms with van der Waals surface area (Å²) in [6.45, 7) is 4.30. The Morgan fingerprint density at radius 1 is 1.19 bits per heavy atom. The lowest BCUT2D eigenvalue weighted by molar-refractivity contribution is 0.0945. The molecule has 0 saturated carbocycles. The number of nitrogens with zero attached hydrogens (tertiary/aromatic N) is 4. The number of piperidine rings is 1. The Bertz CT molecular complexity index is 731. The topological polar surface area (TPSA) is 83.0 Å². The summed E-state index contributed by atoms with van der Waals surface area (Å²) in [6, 6.07) is 4.18. The maximum atomic E-state index is 12.3. The largest absolute Gasteiger partial charge is 0.364 e. The number of carbonyl (C=O) groups is 1. The van der Waals surface area contributed by atoms with Crippen LogP contribution in [0.15, 0.2) is 30.7 Å². The van der Waals surface area contributed by atoms with Crippen molar-refractivity contribution in [3.8, 4) is 0 Å². The Labute approximate surface area is 160 Å². The van der Waals surface area contributed by atoms with Gasteiger partial charge in [-0.3, -0.25) is 14.8 Å². The van der Waals surface area contributed by atoms with Crippen molar-refractivity contribution in [1.82, 2.24) is 25.2 Å². The molecular weight excluding hydrogens is 340 g/mol. The highest BCUT2D eigenvalue weighted by Crippen LogP contribution is 2.17. The fourth-order valence-corrected chi connectivity index (χ4v) is 3.29. The molecule has 7 heteroatoms. The summed E-state index contributed by atoms with van der Waals surface area (Å²) < 4.78 is 0. The molecule has 144 valence electrons. The molecule has 1 atom stereocenters. The number of hydrogen-bond donors (Lipinski definition) is 2. The van der Waals surface area contributed by atoms with Crippen molar-refractivity contribution in [2.24, 2.45) is 0 Å². The first-order valence-electron chi connectivity index (χ1n) is 9.58. The molecule has 1 saturated heterocycles. The number of hydrogen-bond acceptors (Lipinski definition) is 6. The Hall–Kier alpha value is -2.54. The van der Waals surface area contributed by atoms with Crippen molar-refractivity contribution in [3.05, 3.63) is 47.7 Å². The van der Waals surface area contributed by atoms with E-state index in [0.29, 0.717) is 30.5 Å². The number of carbonyl (C=O) groups excluding carboxylic acids is 1. The predicted molar refractivity (Wildman–Crippen MR) is 106 cm³/mol. The molecule has 1 fully saturated rings. The number of pyridine rings is 1. The van der Waals surface area contributed by atoms with Gasteiger partial charge in [-0.25, -0.2) is 4.98 Å². The van der Waals surface area contributed by atoms with Crippen molar-refractivity contribution >= 4 is 11.7 Å². The van der Waals surface area contributed by atoms with E-state index >= 15 is 0 Å². The van der Waals surface area contributed by atoms with E-state index in [1.165, 1.54) is 19.3 Å². The zero-order valence-corrected chi connectivity index (χ0v) is 16.1. The van der Waals surface area contributed by atoms with Crippen LogP contribution < -0.4 is 10.6 Å². The Morgan fingerprint density at radius 2 is 2.07 bits per heavy atom. The first-order valence-corrected chi connectivity index (χ1v) is 9.58. The van der Waals surface area contributed by atoms with Gasteiger partial charge in [0.25, 0.3) is 5.91 Å². The van der Waals surface area contributed by atoms with Crippen LogP contribution in [0.3, 0.4) is 0 Å². The third-order valence-electron chi connectivity index (χ3n) is 5.00. The fourth-order valence-electron chi connectivity index (χ4n) is 3.29. The molecule has 7 nitrogen and oxygen atoms in total. The van der Waals surface area contributed by atoms with Crippen LogP contribution in [0.1, 0.15) is 47.4 Å². The second-order valence-electron chi connectivity index (χ2n) is 7.11. The van der Waals surface area contributed by atoms with E-state index in [9.17, 15) is 4.79 Å². The van der Waals surface area contributed by atoms with Gasteiger partial charge in [-0.15, -0.1) is 0 Å². The number of anilines is 1. The van der Waals surface area contributed by atoms with Crippen LogP contribution in [0.2, 0.25) is 0 Å². The van der Waals surface area contributed by atoms with Crippen molar-refractivity contribution in [3.63, 3.8) is 0 Å². The molecule has 0 unspecified atom stereocenters. The molecule has 0 aromatic carbocycles. The summed E-state index contributed by atoms with van der Waals surface area (Å²) in [5, 5.41) is 6.19. The second kappa shape index (κ2) is 9.41. The molecule has 1 amide bonds. The van der Waals surface area contributed by atoms with Gasteiger partial charge in [0.15, 0.2) is 0 Å². The maximum Gasteiger partial charge on any atom is 0.252 e. The average molecular weight is 368 g/mol. The summed E-state index contributed by atoms with van der Waals surface area (Å²) in [5.41, 5.74) is 2.31. The van der Waals surface area contributed by atoms with Gasteiger partial charge in [-0.1, -0.05) is 6.42 Å². The highest BCUT2D eigenvalue weighted by molar-refractivity contribution is 5.94. The van der Waals surface area contributed by atoms with Crippen molar-refractivity contribution < 1.29 is 4.79 Å². The summed E-state index contributed by atoms with van der Waals surface area (Å²) in [5.74, 6) is 0.634. The number of aromatic nitrogens is 3. The lowest BCUT2D eigenvalue weighted by Gasteiger charge is -2.32. The molecule has 3 heterocycles. The standard InChI is InChI=1S/C20H28N6O/c1-15-11-23-17(13-22-15)14-25-19-7-6-16(12-24-19)20(27)21-9-8-18-5-3-4-10-26(18)2/h6-7,11-13,18H,3-5,8-10,14H2,1-2H3,(H,21,27)(H,24,25)/t18-/m1/s1. The van der Waals surface area contributed by atoms with E-state index in [1.807, 2.05) is 13.0 Å². The fraction of sp³-hybridized carbons (Fsp3) is 0.500. The summed E-state index contributed by atoms with van der Waals surface area (Å²) in [6.07, 6.45) is 9.87. The minimum atomic E-state index is -0.0723. The first kappa shape index (κ1) is 19.2. The number of aryl methyl sites for hydroxylation is 1. The molecule has 0 bridgehead atoms. The number of nitrogens with one attached hydrogen (secondary N) is 2. The predicted octanol–water partition coefficient (Wildman–Crippen LogP) is 2.40. The van der Waals surface area contributed by atoms with Gasteiger partial charge in [-0.05, 0) is 51.9 Å². The van der Waals surface area contributed by atoms with Gasteiger partial charge in [0.1, 0.15) is 5.82 Å². The maximum absolute atomic E-state index is 12.3. The van der Waals surface area contributed by atoms with E-state index in [-0.39, 0.29) is 5.91 Å². The van der Waals surface area contributed by atoms with E-state index < -0.39 is 0 Å². The molecule has 2 aromatic heterocycles. The van der Waals surface area contributed by atoms with E-state index in [4.69, 9.17) is 0 Å². The monoisotopic (exact) mass is 368 g/mol. The van der Waals surface area contributed by atoms with Crippen molar-refractivity contribution in [2.75, 3.05) is 25.5 Å². The molecule has 27 heavy (non-hydrogen) atoms. The number of likely N-dealkylation sites (tertiary alicyclic amines) is 1. The summed E-state index contributed by atoms with van der Waals surface area (Å²) >= 11 is 0. The SMILES string of the molecule is Cc1cnc(CNc2ccc(C(=O)NCC[C@H]3CCCCN3C)cn2)cn1. The van der Waals surface area contributed by atoms with Gasteiger partial charge in [-0.2, -0.15) is 0 Å². The van der Waals surface area contributed by atoms with Gasteiger partial charge in [0.05, 0.1) is 29.7 Å². The van der Waals surface area contributed by atoms with E-state index in [0.717, 1.165) is 24.4 Å². The van der Waals surface area contributed by atoms with Crippen molar-refractivity contribution in [2.45, 2.75) is 45.2 Å². The number of amides is 1. The van der Waals surface area contributed by atoms with Gasteiger partial charge in [0, 0.05) is 25.0 Å². The summed E-state index contributed by atoms with van der Waals surface area (Å²) in [4.78, 5) is 27.5. The van der Waals surface area contributed by atoms with Gasteiger partial charge >= 0.3 is 0 Å². The molecular formula is C20H28N6O. The van der Waals surface area contributed by atoms with Crippen LogP contribution in [0.25, 0.3) is 0 Å². The smallest absolute Gasteiger partial charge is 0.252 e. The van der Waals surface area contributed by atoms with Crippen LogP contribution in [0, 0.1) is 6.92 Å². The average Bonchev–Trinajstić information content (AvgIpc) is 2.69. The van der Waals surface area contributed by atoms with Crippen LogP contribution in [0.4, 0.5) is 5.82 Å². The third-order valence-corrected chi connectivity index (χ3v) is 5.00. The lowest BCUT2D eigenvalue weighted by atomic mass is 10.0. The van der Waals surface area contributed by atoms with Gasteiger partial charge < -0.3 is 15.5 Å². The number of rotatable bonds is 7. The second-order valence-corrected chi connectivity index (χ2v) is 7.11. The Kier molecular flexibility index (Phi) is 6.70. The Morgan fingerprint density at radius 3 is 2.78 bits per heavy atom. The molecule has 2 aromatic rings. The molecule has 1 aliphatic heterocycles. The zero-order valence-electron chi connectivity index (χ0n) is 16.1. The quantitative estimate of drug-likeness (QED) is 0.781. The van der Waals surface area contributed by atoms with E-state index in [2.05, 4.69) is 37.5 Å². The van der Waals surface area contributed by atoms with Crippen molar-refractivity contribution in [1.29, 1.82) is 0 Å². The highest BCUT2D eigenvalue weighted by atomic mass is 16.1. The molecule has 0 aliphatic carbocycles. The minimum Gasteiger partial charge on any atom is -0.364 e. The normalized spacial score (nSPS) is 17.5. The molecule has 0 radical (unpaired) electrons. The van der Waals surface area contributed by atoms with Gasteiger partial charge in [0.2, 0.25) is 0 Å². The minimum absolute atomic E-state index is 0.0723. The van der Waals surface area contributed by atoms with E-state index in [1.54, 1.807) is 24.7 Å². The lowest BCUT2D eigenvalue weighted by Crippen LogP contribution is -2.39.